The maximum Gasteiger partial charge on any atom is 0.166 e. The third kappa shape index (κ3) is 3.47. The molecule has 1 N–H and O–H groups in total. The molecule has 21 heavy (non-hydrogen) atoms. The van der Waals surface area contributed by atoms with Gasteiger partial charge in [0.15, 0.2) is 11.6 Å². The fourth-order valence-electron chi connectivity index (χ4n) is 2.46. The number of hydrogen-bond donors (Lipinski definition) is 1. The molecule has 0 unspecified atom stereocenters. The van der Waals surface area contributed by atoms with Gasteiger partial charge in [-0.25, -0.2) is 19.3 Å². The second-order valence-electron chi connectivity index (χ2n) is 4.96. The van der Waals surface area contributed by atoms with Gasteiger partial charge in [-0.3, -0.25) is 0 Å². The van der Waals surface area contributed by atoms with Gasteiger partial charge < -0.3 is 10.2 Å². The lowest BCUT2D eigenvalue weighted by molar-refractivity contribution is 0.510. The lowest BCUT2D eigenvalue weighted by Crippen LogP contribution is -2.40. The zero-order valence-corrected chi connectivity index (χ0v) is 12.9. The highest BCUT2D eigenvalue weighted by molar-refractivity contribution is 9.10. The number of halogens is 2. The highest BCUT2D eigenvalue weighted by atomic mass is 79.9. The molecule has 0 radical (unpaired) electrons. The molecule has 1 aliphatic heterocycles. The van der Waals surface area contributed by atoms with Gasteiger partial charge in [0.25, 0.3) is 0 Å². The molecule has 0 bridgehead atoms. The van der Waals surface area contributed by atoms with E-state index in [1.165, 1.54) is 12.4 Å². The third-order valence-corrected chi connectivity index (χ3v) is 3.95. The Morgan fingerprint density at radius 1 is 1.29 bits per heavy atom. The number of rotatable bonds is 3. The first-order valence-electron chi connectivity index (χ1n) is 6.81. The predicted molar refractivity (Wildman–Crippen MR) is 82.8 cm³/mol. The Morgan fingerprint density at radius 2 is 2.10 bits per heavy atom. The van der Waals surface area contributed by atoms with Crippen molar-refractivity contribution in [1.29, 1.82) is 0 Å². The van der Waals surface area contributed by atoms with E-state index in [0.29, 0.717) is 16.3 Å². The zero-order chi connectivity index (χ0) is 14.7. The van der Waals surface area contributed by atoms with Gasteiger partial charge in [0.1, 0.15) is 12.1 Å². The van der Waals surface area contributed by atoms with Crippen LogP contribution >= 0.6 is 15.9 Å². The molecule has 0 atom stereocenters. The fourth-order valence-corrected chi connectivity index (χ4v) is 2.76. The monoisotopic (exact) mass is 351 g/mol. The first-order chi connectivity index (χ1) is 10.2. The van der Waals surface area contributed by atoms with Crippen molar-refractivity contribution in [3.63, 3.8) is 0 Å². The number of nitrogens with zero attached hydrogens (tertiary/aromatic N) is 4. The average Bonchev–Trinajstić information content (AvgIpc) is 2.49. The Balaban J connectivity index is 1.60. The molecule has 0 amide bonds. The van der Waals surface area contributed by atoms with Crippen molar-refractivity contribution in [2.45, 2.75) is 18.9 Å². The summed E-state index contributed by atoms with van der Waals surface area (Å²) in [7, 11) is 0. The van der Waals surface area contributed by atoms with E-state index in [9.17, 15) is 4.39 Å². The lowest BCUT2D eigenvalue weighted by Gasteiger charge is -2.33. The molecule has 1 saturated heterocycles. The molecule has 110 valence electrons. The van der Waals surface area contributed by atoms with E-state index in [0.717, 1.165) is 31.7 Å². The molecule has 0 spiro atoms. The molecule has 2 aromatic heterocycles. The summed E-state index contributed by atoms with van der Waals surface area (Å²) in [5.74, 6) is 0.974. The summed E-state index contributed by atoms with van der Waals surface area (Å²) >= 11 is 3.22. The Labute approximate surface area is 130 Å². The zero-order valence-electron chi connectivity index (χ0n) is 11.3. The Hall–Kier alpha value is -1.76. The van der Waals surface area contributed by atoms with E-state index in [1.54, 1.807) is 12.4 Å². The summed E-state index contributed by atoms with van der Waals surface area (Å²) in [6.45, 7) is 1.54. The second kappa shape index (κ2) is 6.34. The lowest BCUT2D eigenvalue weighted by atomic mass is 10.1. The van der Waals surface area contributed by atoms with Crippen LogP contribution in [-0.4, -0.2) is 34.1 Å². The van der Waals surface area contributed by atoms with E-state index in [2.05, 4.69) is 36.2 Å². The van der Waals surface area contributed by atoms with Gasteiger partial charge in [-0.05, 0) is 40.9 Å². The first kappa shape index (κ1) is 14.2. The minimum absolute atomic E-state index is 0.286. The topological polar surface area (TPSA) is 53.9 Å². The van der Waals surface area contributed by atoms with Crippen molar-refractivity contribution in [3.8, 4) is 0 Å². The minimum Gasteiger partial charge on any atom is -0.367 e. The van der Waals surface area contributed by atoms with Crippen LogP contribution in [0.4, 0.5) is 16.0 Å². The molecule has 1 fully saturated rings. The van der Waals surface area contributed by atoms with Gasteiger partial charge in [0.05, 0.1) is 0 Å². The predicted octanol–water partition coefficient (Wildman–Crippen LogP) is 2.85. The van der Waals surface area contributed by atoms with Crippen LogP contribution in [0, 0.1) is 5.82 Å². The van der Waals surface area contributed by atoms with Gasteiger partial charge in [0, 0.05) is 36.0 Å². The van der Waals surface area contributed by atoms with E-state index < -0.39 is 0 Å². The van der Waals surface area contributed by atoms with E-state index in [4.69, 9.17) is 0 Å². The third-order valence-electron chi connectivity index (χ3n) is 3.52. The summed E-state index contributed by atoms with van der Waals surface area (Å²) in [6.07, 6.45) is 6.70. The van der Waals surface area contributed by atoms with E-state index >= 15 is 0 Å². The Morgan fingerprint density at radius 3 is 2.76 bits per heavy atom. The van der Waals surface area contributed by atoms with Crippen LogP contribution in [0.5, 0.6) is 0 Å². The van der Waals surface area contributed by atoms with Crippen LogP contribution in [0.1, 0.15) is 12.8 Å². The normalized spacial score (nSPS) is 16.0. The van der Waals surface area contributed by atoms with Crippen molar-refractivity contribution in [2.24, 2.45) is 0 Å². The molecule has 2 aromatic rings. The summed E-state index contributed by atoms with van der Waals surface area (Å²) in [5.41, 5.74) is 0. The highest BCUT2D eigenvalue weighted by Gasteiger charge is 2.22. The molecule has 3 heterocycles. The molecule has 0 aliphatic carbocycles. The van der Waals surface area contributed by atoms with Crippen molar-refractivity contribution < 1.29 is 4.39 Å². The molecule has 5 nitrogen and oxygen atoms in total. The maximum absolute atomic E-state index is 13.9. The highest BCUT2D eigenvalue weighted by Crippen LogP contribution is 2.24. The summed E-state index contributed by atoms with van der Waals surface area (Å²) in [6, 6.07) is 3.64. The molecular weight excluding hydrogens is 337 g/mol. The summed E-state index contributed by atoms with van der Waals surface area (Å²) < 4.78 is 14.6. The molecule has 0 aromatic carbocycles. The number of pyridine rings is 1. The minimum atomic E-state index is -0.286. The molecule has 7 heteroatoms. The second-order valence-corrected chi connectivity index (χ2v) is 5.87. The molecule has 3 rings (SSSR count). The molecule has 1 aliphatic rings. The fraction of sp³-hybridized carbons (Fsp3) is 0.357. The molecular formula is C14H15BrFN5. The Kier molecular flexibility index (Phi) is 4.28. The van der Waals surface area contributed by atoms with Gasteiger partial charge in [-0.1, -0.05) is 0 Å². The SMILES string of the molecule is Fc1cc(Br)cnc1N1CCC(Nc2ccncn2)CC1. The van der Waals surface area contributed by atoms with E-state index in [1.807, 2.05) is 11.0 Å². The number of piperidine rings is 1. The van der Waals surface area contributed by atoms with Gasteiger partial charge in [0.2, 0.25) is 0 Å². The van der Waals surface area contributed by atoms with Crippen LogP contribution in [0.15, 0.2) is 35.3 Å². The first-order valence-corrected chi connectivity index (χ1v) is 7.60. The van der Waals surface area contributed by atoms with Crippen LogP contribution in [0.3, 0.4) is 0 Å². The smallest absolute Gasteiger partial charge is 0.166 e. The maximum atomic E-state index is 13.9. The largest absolute Gasteiger partial charge is 0.367 e. The van der Waals surface area contributed by atoms with Crippen LogP contribution in [0.2, 0.25) is 0 Å². The number of nitrogens with one attached hydrogen (secondary N) is 1. The van der Waals surface area contributed by atoms with Crippen molar-refractivity contribution in [1.82, 2.24) is 15.0 Å². The number of hydrogen-bond acceptors (Lipinski definition) is 5. The van der Waals surface area contributed by atoms with Gasteiger partial charge >= 0.3 is 0 Å². The number of aromatic nitrogens is 3. The van der Waals surface area contributed by atoms with Crippen molar-refractivity contribution in [2.75, 3.05) is 23.3 Å². The van der Waals surface area contributed by atoms with Gasteiger partial charge in [-0.2, -0.15) is 0 Å². The van der Waals surface area contributed by atoms with Crippen molar-refractivity contribution >= 4 is 27.6 Å². The Bertz CT molecular complexity index is 602. The quantitative estimate of drug-likeness (QED) is 0.921. The van der Waals surface area contributed by atoms with Crippen LogP contribution < -0.4 is 10.2 Å². The standard InChI is InChI=1S/C14H15BrFN5/c15-10-7-12(16)14(18-8-10)21-5-2-11(3-6-21)20-13-1-4-17-9-19-13/h1,4,7-9,11H,2-3,5-6H2,(H,17,19,20). The summed E-state index contributed by atoms with van der Waals surface area (Å²) in [5, 5.41) is 3.38. The summed E-state index contributed by atoms with van der Waals surface area (Å²) in [4.78, 5) is 14.2. The van der Waals surface area contributed by atoms with E-state index in [-0.39, 0.29) is 5.82 Å². The van der Waals surface area contributed by atoms with Crippen LogP contribution in [-0.2, 0) is 0 Å². The number of anilines is 2. The van der Waals surface area contributed by atoms with Crippen molar-refractivity contribution in [3.05, 3.63) is 41.1 Å². The van der Waals surface area contributed by atoms with Crippen LogP contribution in [0.25, 0.3) is 0 Å². The molecule has 0 saturated carbocycles. The van der Waals surface area contributed by atoms with Gasteiger partial charge in [-0.15, -0.1) is 0 Å². The average molecular weight is 352 g/mol.